The molecule has 0 radical (unpaired) electrons. The molecule has 0 N–H and O–H groups in total. The van der Waals surface area contributed by atoms with Crippen LogP contribution in [-0.2, 0) is 19.3 Å². The Bertz CT molecular complexity index is 1390. The summed E-state index contributed by atoms with van der Waals surface area (Å²) < 4.78 is 38.5. The van der Waals surface area contributed by atoms with Gasteiger partial charge in [0.2, 0.25) is 0 Å². The molecule has 0 amide bonds. The first kappa shape index (κ1) is 31.9. The molecule has 0 saturated carbocycles. The second-order valence-electron chi connectivity index (χ2n) is 13.0. The molecule has 4 heterocycles. The van der Waals surface area contributed by atoms with E-state index < -0.39 is 26.0 Å². The highest BCUT2D eigenvalue weighted by molar-refractivity contribution is 7.91. The molecule has 1 aliphatic heterocycles. The maximum absolute atomic E-state index is 12.2. The Balaban J connectivity index is 1.72. The molecule has 0 spiro atoms. The van der Waals surface area contributed by atoms with Crippen LogP contribution in [0.4, 0.5) is 11.6 Å². The van der Waals surface area contributed by atoms with Crippen molar-refractivity contribution in [2.24, 2.45) is 0 Å². The number of pyridine rings is 1. The summed E-state index contributed by atoms with van der Waals surface area (Å²) >= 11 is 6.05. The Morgan fingerprint density at radius 3 is 2.10 bits per heavy atom. The summed E-state index contributed by atoms with van der Waals surface area (Å²) in [4.78, 5) is 13.3. The molecule has 1 saturated heterocycles. The van der Waals surface area contributed by atoms with Gasteiger partial charge in [0, 0.05) is 65.8 Å². The Labute approximate surface area is 251 Å². The van der Waals surface area contributed by atoms with Gasteiger partial charge >= 0.3 is 0 Å². The van der Waals surface area contributed by atoms with E-state index in [0.717, 1.165) is 29.0 Å². The molecule has 226 valence electrons. The zero-order valence-electron chi connectivity index (χ0n) is 25.1. The van der Waals surface area contributed by atoms with Gasteiger partial charge in [-0.25, -0.2) is 18.4 Å². The van der Waals surface area contributed by atoms with Gasteiger partial charge < -0.3 is 19.3 Å². The number of sulfone groups is 1. The van der Waals surface area contributed by atoms with Gasteiger partial charge in [-0.15, -0.1) is 0 Å². The van der Waals surface area contributed by atoms with E-state index in [4.69, 9.17) is 31.2 Å². The number of aromatic nitrogens is 4. The van der Waals surface area contributed by atoms with E-state index in [1.54, 1.807) is 23.0 Å². The fraction of sp³-hybridized carbons (Fsp3) is 0.593. The molecular formula is C27H43ClN6O4SSi2. The maximum Gasteiger partial charge on any atom is 0.167 e. The fourth-order valence-corrected chi connectivity index (χ4v) is 7.10. The van der Waals surface area contributed by atoms with Gasteiger partial charge in [-0.3, -0.25) is 0 Å². The average Bonchev–Trinajstić information content (AvgIpc) is 3.30. The number of hydrogen-bond acceptors (Lipinski definition) is 9. The van der Waals surface area contributed by atoms with Crippen molar-refractivity contribution in [3.63, 3.8) is 0 Å². The van der Waals surface area contributed by atoms with Gasteiger partial charge in [-0.05, 0) is 24.2 Å². The van der Waals surface area contributed by atoms with Crippen LogP contribution in [-0.4, -0.2) is 95.4 Å². The molecule has 3 aromatic rings. The molecule has 1 aliphatic rings. The van der Waals surface area contributed by atoms with E-state index in [-0.39, 0.29) is 11.5 Å². The number of ether oxygens (including phenoxy) is 2. The minimum Gasteiger partial charge on any atom is -0.361 e. The third kappa shape index (κ3) is 9.22. The normalized spacial score (nSPS) is 15.9. The summed E-state index contributed by atoms with van der Waals surface area (Å²) in [6, 6.07) is 7.72. The topological polar surface area (TPSA) is 102 Å². The van der Waals surface area contributed by atoms with E-state index in [9.17, 15) is 8.42 Å². The van der Waals surface area contributed by atoms with Gasteiger partial charge in [-0.1, -0.05) is 50.9 Å². The number of hydrogen-bond donors (Lipinski definition) is 0. The second-order valence-corrected chi connectivity index (χ2v) is 26.9. The Kier molecular flexibility index (Phi) is 10.2. The zero-order chi connectivity index (χ0) is 29.8. The van der Waals surface area contributed by atoms with E-state index >= 15 is 0 Å². The van der Waals surface area contributed by atoms with Crippen molar-refractivity contribution < 1.29 is 17.9 Å². The van der Waals surface area contributed by atoms with Crippen LogP contribution in [0.5, 0.6) is 0 Å². The molecule has 0 bridgehead atoms. The van der Waals surface area contributed by atoms with Crippen LogP contribution in [0.1, 0.15) is 0 Å². The third-order valence-electron chi connectivity index (χ3n) is 6.96. The van der Waals surface area contributed by atoms with E-state index in [2.05, 4.69) is 44.3 Å². The van der Waals surface area contributed by atoms with Crippen LogP contribution in [0.2, 0.25) is 56.5 Å². The quantitative estimate of drug-likeness (QED) is 0.109. The van der Waals surface area contributed by atoms with Crippen LogP contribution in [0.3, 0.4) is 0 Å². The molecule has 0 aliphatic carbocycles. The van der Waals surface area contributed by atoms with Crippen LogP contribution < -0.4 is 9.80 Å². The van der Waals surface area contributed by atoms with Gasteiger partial charge in [0.05, 0.1) is 17.7 Å². The lowest BCUT2D eigenvalue weighted by Gasteiger charge is -2.30. The number of halogens is 1. The Morgan fingerprint density at radius 2 is 1.56 bits per heavy atom. The number of anilines is 2. The van der Waals surface area contributed by atoms with Crippen LogP contribution >= 0.6 is 11.6 Å². The van der Waals surface area contributed by atoms with Crippen molar-refractivity contribution in [2.75, 3.05) is 61.1 Å². The van der Waals surface area contributed by atoms with Crippen molar-refractivity contribution in [2.45, 2.75) is 51.4 Å². The third-order valence-corrected chi connectivity index (χ3v) is 12.2. The van der Waals surface area contributed by atoms with Crippen molar-refractivity contribution in [1.29, 1.82) is 0 Å². The predicted octanol–water partition coefficient (Wildman–Crippen LogP) is 5.11. The summed E-state index contributed by atoms with van der Waals surface area (Å²) in [6.07, 6.45) is 3.48. The van der Waals surface area contributed by atoms with Crippen molar-refractivity contribution in [3.8, 4) is 11.1 Å². The fourth-order valence-electron chi connectivity index (χ4n) is 4.28. The number of rotatable bonds is 13. The van der Waals surface area contributed by atoms with Crippen molar-refractivity contribution in [3.05, 3.63) is 35.7 Å². The number of nitrogens with zero attached hydrogens (tertiary/aromatic N) is 6. The monoisotopic (exact) mass is 638 g/mol. The molecular weight excluding hydrogens is 596 g/mol. The van der Waals surface area contributed by atoms with Crippen LogP contribution in [0.15, 0.2) is 30.6 Å². The SMILES string of the molecule is C[Si](C)(C)CCOCN(COCC[Si](C)(C)C)c1cc(N2CCS(=O)(=O)CC2)nc2c(-c3ccc(Cl)nc3)cnn12. The molecule has 1 fully saturated rings. The summed E-state index contributed by atoms with van der Waals surface area (Å²) in [5.41, 5.74) is 2.29. The molecule has 0 unspecified atom stereocenters. The average molecular weight is 639 g/mol. The van der Waals surface area contributed by atoms with Crippen molar-refractivity contribution in [1.82, 2.24) is 19.6 Å². The summed E-state index contributed by atoms with van der Waals surface area (Å²) in [5.74, 6) is 1.67. The number of fused-ring (bicyclic) bond motifs is 1. The first-order chi connectivity index (χ1) is 19.2. The zero-order valence-corrected chi connectivity index (χ0v) is 28.6. The Morgan fingerprint density at radius 1 is 0.951 bits per heavy atom. The van der Waals surface area contributed by atoms with Gasteiger partial charge in [0.25, 0.3) is 0 Å². The smallest absolute Gasteiger partial charge is 0.167 e. The molecule has 41 heavy (non-hydrogen) atoms. The highest BCUT2D eigenvalue weighted by Gasteiger charge is 2.26. The van der Waals surface area contributed by atoms with Crippen LogP contribution in [0.25, 0.3) is 16.8 Å². The van der Waals surface area contributed by atoms with Gasteiger partial charge in [-0.2, -0.15) is 9.61 Å². The van der Waals surface area contributed by atoms with E-state index in [1.807, 2.05) is 21.9 Å². The largest absolute Gasteiger partial charge is 0.361 e. The standard InChI is InChI=1S/C27H43ClN6O4SSi2/c1-40(2,3)15-11-37-20-33(21-38-12-16-41(4,5)6)26-17-25(32-9-13-39(35,36)14-10-32)31-27-23(19-30-34(26)27)22-7-8-24(28)29-18-22/h7-8,17-19H,9-16,20-21H2,1-6H3. The summed E-state index contributed by atoms with van der Waals surface area (Å²) in [6.45, 7) is 16.8. The van der Waals surface area contributed by atoms with Gasteiger partial charge in [0.1, 0.15) is 30.3 Å². The van der Waals surface area contributed by atoms with Crippen molar-refractivity contribution >= 4 is 54.9 Å². The predicted molar refractivity (Wildman–Crippen MR) is 173 cm³/mol. The molecule has 0 atom stereocenters. The maximum atomic E-state index is 12.2. The van der Waals surface area contributed by atoms with E-state index in [1.165, 1.54) is 0 Å². The highest BCUT2D eigenvalue weighted by atomic mass is 35.5. The summed E-state index contributed by atoms with van der Waals surface area (Å²) in [7, 11) is -5.55. The molecule has 3 aromatic heterocycles. The molecule has 0 aromatic carbocycles. The second kappa shape index (κ2) is 13.1. The molecule has 14 heteroatoms. The minimum absolute atomic E-state index is 0.103. The lowest BCUT2D eigenvalue weighted by molar-refractivity contribution is 0.0942. The molecule has 10 nitrogen and oxygen atoms in total. The van der Waals surface area contributed by atoms with Gasteiger partial charge in [0.15, 0.2) is 15.5 Å². The summed E-state index contributed by atoms with van der Waals surface area (Å²) in [5, 5.41) is 5.13. The highest BCUT2D eigenvalue weighted by Crippen LogP contribution is 2.30. The van der Waals surface area contributed by atoms with E-state index in [0.29, 0.717) is 56.4 Å². The first-order valence-corrected chi connectivity index (χ1v) is 23.7. The van der Waals surface area contributed by atoms with Crippen LogP contribution in [0, 0.1) is 0 Å². The minimum atomic E-state index is -3.04. The molecule has 4 rings (SSSR count). The lowest BCUT2D eigenvalue weighted by atomic mass is 10.1. The Hall–Kier alpha value is -2.04. The first-order valence-electron chi connectivity index (χ1n) is 14.1. The lowest BCUT2D eigenvalue weighted by Crippen LogP contribution is -2.41.